The molecule has 0 bridgehead atoms. The highest BCUT2D eigenvalue weighted by molar-refractivity contribution is 5.39. The first-order valence-electron chi connectivity index (χ1n) is 6.86. The molecule has 1 N–H and O–H groups in total. The summed E-state index contributed by atoms with van der Waals surface area (Å²) in [6.07, 6.45) is 5.71. The molecule has 0 aromatic heterocycles. The van der Waals surface area contributed by atoms with Crippen LogP contribution >= 0.6 is 0 Å². The normalized spacial score (nSPS) is 22.2. The smallest absolute Gasteiger partial charge is 0.122 e. The second-order valence-corrected chi connectivity index (χ2v) is 5.34. The molecule has 1 fully saturated rings. The zero-order valence-electron chi connectivity index (χ0n) is 10.3. The minimum Gasteiger partial charge on any atom is -0.493 e. The van der Waals surface area contributed by atoms with E-state index >= 15 is 0 Å². The van der Waals surface area contributed by atoms with Gasteiger partial charge in [-0.1, -0.05) is 31.0 Å². The van der Waals surface area contributed by atoms with E-state index in [1.807, 2.05) is 6.07 Å². The summed E-state index contributed by atoms with van der Waals surface area (Å²) in [5, 5.41) is 3.57. The molecule has 1 unspecified atom stereocenters. The zero-order chi connectivity index (χ0) is 11.5. The van der Waals surface area contributed by atoms with Crippen LogP contribution in [0.4, 0.5) is 0 Å². The second kappa shape index (κ2) is 5.09. The standard InChI is InChI=1S/C15H21NO/c1-2-6-15-14(5-1)13(11-17-15)10-16-9-3-4-12-7-8-12/h1-2,5-6,12-13,16H,3-4,7-11H2. The summed E-state index contributed by atoms with van der Waals surface area (Å²) in [6.45, 7) is 3.06. The van der Waals surface area contributed by atoms with Crippen LogP contribution in [0.3, 0.4) is 0 Å². The number of para-hydroxylation sites is 1. The van der Waals surface area contributed by atoms with Crippen molar-refractivity contribution in [3.05, 3.63) is 29.8 Å². The van der Waals surface area contributed by atoms with Gasteiger partial charge in [0.15, 0.2) is 0 Å². The molecule has 1 heterocycles. The molecule has 2 heteroatoms. The maximum absolute atomic E-state index is 5.68. The van der Waals surface area contributed by atoms with Gasteiger partial charge in [-0.05, 0) is 31.4 Å². The molecule has 92 valence electrons. The van der Waals surface area contributed by atoms with Gasteiger partial charge in [0.05, 0.1) is 6.61 Å². The summed E-state index contributed by atoms with van der Waals surface area (Å²) in [6, 6.07) is 8.42. The summed E-state index contributed by atoms with van der Waals surface area (Å²) in [7, 11) is 0. The average molecular weight is 231 g/mol. The van der Waals surface area contributed by atoms with Crippen LogP contribution in [0.25, 0.3) is 0 Å². The average Bonchev–Trinajstić information content (AvgIpc) is 3.09. The van der Waals surface area contributed by atoms with Crippen LogP contribution in [-0.4, -0.2) is 19.7 Å². The van der Waals surface area contributed by atoms with Crippen molar-refractivity contribution in [2.24, 2.45) is 5.92 Å². The van der Waals surface area contributed by atoms with Gasteiger partial charge < -0.3 is 10.1 Å². The predicted octanol–water partition coefficient (Wildman–Crippen LogP) is 2.94. The lowest BCUT2D eigenvalue weighted by atomic mass is 10.0. The molecule has 1 aromatic rings. The summed E-state index contributed by atoms with van der Waals surface area (Å²) in [4.78, 5) is 0. The maximum atomic E-state index is 5.68. The van der Waals surface area contributed by atoms with Crippen LogP contribution in [0.2, 0.25) is 0 Å². The third-order valence-corrected chi connectivity index (χ3v) is 3.85. The molecule has 0 saturated heterocycles. The first-order chi connectivity index (χ1) is 8.43. The molecule has 0 amide bonds. The van der Waals surface area contributed by atoms with E-state index in [0.29, 0.717) is 5.92 Å². The van der Waals surface area contributed by atoms with Gasteiger partial charge in [0, 0.05) is 18.0 Å². The Kier molecular flexibility index (Phi) is 3.32. The largest absolute Gasteiger partial charge is 0.493 e. The molecule has 0 radical (unpaired) electrons. The van der Waals surface area contributed by atoms with E-state index in [9.17, 15) is 0 Å². The summed E-state index contributed by atoms with van der Waals surface area (Å²) in [5.74, 6) is 2.69. The van der Waals surface area contributed by atoms with Crippen LogP contribution < -0.4 is 10.1 Å². The minimum absolute atomic E-state index is 0.548. The quantitative estimate of drug-likeness (QED) is 0.760. The van der Waals surface area contributed by atoms with Crippen molar-refractivity contribution in [1.29, 1.82) is 0 Å². The number of benzene rings is 1. The molecule has 3 rings (SSSR count). The van der Waals surface area contributed by atoms with E-state index in [0.717, 1.165) is 31.4 Å². The fourth-order valence-corrected chi connectivity index (χ4v) is 2.60. The molecular formula is C15H21NO. The monoisotopic (exact) mass is 231 g/mol. The Balaban J connectivity index is 1.40. The lowest BCUT2D eigenvalue weighted by molar-refractivity contribution is 0.326. The first-order valence-corrected chi connectivity index (χ1v) is 6.86. The van der Waals surface area contributed by atoms with Gasteiger partial charge in [0.25, 0.3) is 0 Å². The van der Waals surface area contributed by atoms with Crippen LogP contribution in [0.5, 0.6) is 5.75 Å². The third kappa shape index (κ3) is 2.81. The number of rotatable bonds is 6. The second-order valence-electron chi connectivity index (χ2n) is 5.34. The number of hydrogen-bond donors (Lipinski definition) is 1. The first kappa shape index (κ1) is 11.1. The van der Waals surface area contributed by atoms with Crippen LogP contribution in [-0.2, 0) is 0 Å². The fourth-order valence-electron chi connectivity index (χ4n) is 2.60. The topological polar surface area (TPSA) is 21.3 Å². The van der Waals surface area contributed by atoms with Crippen molar-refractivity contribution in [3.8, 4) is 5.75 Å². The van der Waals surface area contributed by atoms with E-state index in [2.05, 4.69) is 23.5 Å². The molecule has 0 spiro atoms. The maximum Gasteiger partial charge on any atom is 0.122 e. The lowest BCUT2D eigenvalue weighted by Crippen LogP contribution is -2.23. The highest BCUT2D eigenvalue weighted by atomic mass is 16.5. The number of hydrogen-bond acceptors (Lipinski definition) is 2. The molecule has 1 atom stereocenters. The van der Waals surface area contributed by atoms with Crippen LogP contribution in [0, 0.1) is 5.92 Å². The Bertz CT molecular complexity index is 373. The highest BCUT2D eigenvalue weighted by Gasteiger charge is 2.23. The number of ether oxygens (including phenoxy) is 1. The fraction of sp³-hybridized carbons (Fsp3) is 0.600. The van der Waals surface area contributed by atoms with Gasteiger partial charge in [0.2, 0.25) is 0 Å². The Hall–Kier alpha value is -1.02. The molecular weight excluding hydrogens is 210 g/mol. The zero-order valence-corrected chi connectivity index (χ0v) is 10.3. The Morgan fingerprint density at radius 3 is 3.00 bits per heavy atom. The van der Waals surface area contributed by atoms with E-state index in [1.54, 1.807) is 0 Å². The van der Waals surface area contributed by atoms with Crippen molar-refractivity contribution < 1.29 is 4.74 Å². The van der Waals surface area contributed by atoms with Crippen molar-refractivity contribution in [2.45, 2.75) is 31.6 Å². The van der Waals surface area contributed by atoms with Crippen molar-refractivity contribution in [1.82, 2.24) is 5.32 Å². The van der Waals surface area contributed by atoms with E-state index in [1.165, 1.54) is 31.2 Å². The molecule has 1 aliphatic carbocycles. The lowest BCUT2D eigenvalue weighted by Gasteiger charge is -2.10. The van der Waals surface area contributed by atoms with Gasteiger partial charge >= 0.3 is 0 Å². The Morgan fingerprint density at radius 1 is 1.24 bits per heavy atom. The van der Waals surface area contributed by atoms with Gasteiger partial charge in [0.1, 0.15) is 5.75 Å². The highest BCUT2D eigenvalue weighted by Crippen LogP contribution is 2.34. The van der Waals surface area contributed by atoms with Gasteiger partial charge in [-0.15, -0.1) is 0 Å². The molecule has 1 aromatic carbocycles. The van der Waals surface area contributed by atoms with Gasteiger partial charge in [-0.2, -0.15) is 0 Å². The van der Waals surface area contributed by atoms with Crippen LogP contribution in [0.15, 0.2) is 24.3 Å². The van der Waals surface area contributed by atoms with Crippen molar-refractivity contribution in [2.75, 3.05) is 19.7 Å². The molecule has 2 aliphatic rings. The Labute approximate surface area is 103 Å². The molecule has 17 heavy (non-hydrogen) atoms. The summed E-state index contributed by atoms with van der Waals surface area (Å²) < 4.78 is 5.68. The number of nitrogens with one attached hydrogen (secondary N) is 1. The summed E-state index contributed by atoms with van der Waals surface area (Å²) >= 11 is 0. The third-order valence-electron chi connectivity index (χ3n) is 3.85. The number of fused-ring (bicyclic) bond motifs is 1. The van der Waals surface area contributed by atoms with Crippen LogP contribution in [0.1, 0.15) is 37.2 Å². The molecule has 2 nitrogen and oxygen atoms in total. The SMILES string of the molecule is c1ccc2c(c1)OCC2CNCCCC1CC1. The van der Waals surface area contributed by atoms with Crippen molar-refractivity contribution >= 4 is 0 Å². The summed E-state index contributed by atoms with van der Waals surface area (Å²) in [5.41, 5.74) is 1.38. The van der Waals surface area contributed by atoms with E-state index < -0.39 is 0 Å². The molecule has 1 aliphatic heterocycles. The van der Waals surface area contributed by atoms with E-state index in [4.69, 9.17) is 4.74 Å². The van der Waals surface area contributed by atoms with E-state index in [-0.39, 0.29) is 0 Å². The predicted molar refractivity (Wildman–Crippen MR) is 69.5 cm³/mol. The molecule has 1 saturated carbocycles. The van der Waals surface area contributed by atoms with Crippen molar-refractivity contribution in [3.63, 3.8) is 0 Å². The minimum atomic E-state index is 0.548. The Morgan fingerprint density at radius 2 is 2.12 bits per heavy atom. The van der Waals surface area contributed by atoms with Gasteiger partial charge in [-0.3, -0.25) is 0 Å². The van der Waals surface area contributed by atoms with Gasteiger partial charge in [-0.25, -0.2) is 0 Å².